The summed E-state index contributed by atoms with van der Waals surface area (Å²) >= 11 is 0. The molecular weight excluding hydrogens is 453 g/mol. The molecule has 0 radical (unpaired) electrons. The highest BCUT2D eigenvalue weighted by molar-refractivity contribution is 14.0. The van der Waals surface area contributed by atoms with Gasteiger partial charge in [0, 0.05) is 45.8 Å². The molecule has 1 aromatic carbocycles. The summed E-state index contributed by atoms with van der Waals surface area (Å²) in [7, 11) is 0. The van der Waals surface area contributed by atoms with Crippen molar-refractivity contribution in [3.63, 3.8) is 0 Å². The van der Waals surface area contributed by atoms with Crippen LogP contribution in [0.4, 0.5) is 5.69 Å². The van der Waals surface area contributed by atoms with E-state index in [0.717, 1.165) is 57.5 Å². The first-order chi connectivity index (χ1) is 12.7. The number of hydrogen-bond acceptors (Lipinski definition) is 4. The number of likely N-dealkylation sites (tertiary alicyclic amines) is 1. The lowest BCUT2D eigenvalue weighted by Gasteiger charge is -2.38. The van der Waals surface area contributed by atoms with E-state index in [0.29, 0.717) is 11.7 Å². The van der Waals surface area contributed by atoms with Crippen LogP contribution in [-0.4, -0.2) is 79.8 Å². The van der Waals surface area contributed by atoms with Crippen LogP contribution in [0, 0.1) is 5.92 Å². The van der Waals surface area contributed by atoms with Gasteiger partial charge in [0.1, 0.15) is 5.75 Å². The molecule has 2 aliphatic rings. The number of aliphatic imine (C=N–C) groups is 1. The minimum atomic E-state index is 0. The van der Waals surface area contributed by atoms with Gasteiger partial charge in [0.05, 0.1) is 5.69 Å². The second-order valence-electron chi connectivity index (χ2n) is 7.21. The largest absolute Gasteiger partial charge is 0.506 e. The molecule has 27 heavy (non-hydrogen) atoms. The number of guanidine groups is 1. The van der Waals surface area contributed by atoms with Crippen LogP contribution in [0.1, 0.15) is 20.3 Å². The van der Waals surface area contributed by atoms with Gasteiger partial charge >= 0.3 is 0 Å². The van der Waals surface area contributed by atoms with Gasteiger partial charge in [-0.3, -0.25) is 4.99 Å². The van der Waals surface area contributed by atoms with E-state index < -0.39 is 0 Å². The molecule has 2 N–H and O–H groups in total. The molecule has 1 atom stereocenters. The Morgan fingerprint density at radius 1 is 1.15 bits per heavy atom. The van der Waals surface area contributed by atoms with Crippen LogP contribution in [0.3, 0.4) is 0 Å². The third-order valence-corrected chi connectivity index (χ3v) is 5.45. The number of aromatic hydroxyl groups is 1. The van der Waals surface area contributed by atoms with Gasteiger partial charge in [-0.25, -0.2) is 0 Å². The van der Waals surface area contributed by atoms with Crippen molar-refractivity contribution >= 4 is 35.6 Å². The summed E-state index contributed by atoms with van der Waals surface area (Å²) in [5.74, 6) is 2.09. The minimum Gasteiger partial charge on any atom is -0.506 e. The highest BCUT2D eigenvalue weighted by Crippen LogP contribution is 2.27. The van der Waals surface area contributed by atoms with Gasteiger partial charge in [-0.1, -0.05) is 19.1 Å². The molecule has 0 bridgehead atoms. The monoisotopic (exact) mass is 487 g/mol. The van der Waals surface area contributed by atoms with E-state index in [4.69, 9.17) is 4.99 Å². The van der Waals surface area contributed by atoms with Crippen molar-refractivity contribution in [1.29, 1.82) is 0 Å². The summed E-state index contributed by atoms with van der Waals surface area (Å²) in [6.45, 7) is 13.4. The van der Waals surface area contributed by atoms with Gasteiger partial charge in [-0.05, 0) is 44.5 Å². The highest BCUT2D eigenvalue weighted by atomic mass is 127. The standard InChI is InChI=1S/C20H33N5O.HI/c1-3-21-20(22-15-17-9-10-23(4-2)16-17)25-13-11-24(12-14-25)18-7-5-6-8-19(18)26;/h5-8,17,26H,3-4,9-16H2,1-2H3,(H,21,22);1H. The zero-order chi connectivity index (χ0) is 18.4. The lowest BCUT2D eigenvalue weighted by Crippen LogP contribution is -2.52. The molecule has 1 aromatic rings. The molecule has 3 rings (SSSR count). The zero-order valence-electron chi connectivity index (χ0n) is 16.6. The maximum absolute atomic E-state index is 10.1. The molecular formula is C20H34IN5O. The van der Waals surface area contributed by atoms with Crippen molar-refractivity contribution in [3.8, 4) is 5.75 Å². The second kappa shape index (κ2) is 10.9. The lowest BCUT2D eigenvalue weighted by molar-refractivity contribution is 0.342. The molecule has 2 aliphatic heterocycles. The number of anilines is 1. The van der Waals surface area contributed by atoms with E-state index >= 15 is 0 Å². The van der Waals surface area contributed by atoms with Gasteiger partial charge in [-0.15, -0.1) is 24.0 Å². The van der Waals surface area contributed by atoms with Crippen molar-refractivity contribution < 1.29 is 5.11 Å². The maximum atomic E-state index is 10.1. The number of nitrogens with zero attached hydrogens (tertiary/aromatic N) is 4. The van der Waals surface area contributed by atoms with Crippen molar-refractivity contribution in [2.45, 2.75) is 20.3 Å². The predicted octanol–water partition coefficient (Wildman–Crippen LogP) is 2.44. The number of nitrogens with one attached hydrogen (secondary N) is 1. The van der Waals surface area contributed by atoms with Crippen molar-refractivity contribution in [2.24, 2.45) is 10.9 Å². The smallest absolute Gasteiger partial charge is 0.194 e. The summed E-state index contributed by atoms with van der Waals surface area (Å²) in [4.78, 5) is 12.1. The summed E-state index contributed by atoms with van der Waals surface area (Å²) in [6, 6.07) is 7.60. The summed E-state index contributed by atoms with van der Waals surface area (Å²) in [6.07, 6.45) is 1.26. The predicted molar refractivity (Wildman–Crippen MR) is 124 cm³/mol. The van der Waals surface area contributed by atoms with Crippen molar-refractivity contribution in [3.05, 3.63) is 24.3 Å². The van der Waals surface area contributed by atoms with E-state index in [1.165, 1.54) is 19.5 Å². The molecule has 2 fully saturated rings. The molecule has 7 heteroatoms. The van der Waals surface area contributed by atoms with Crippen LogP contribution < -0.4 is 10.2 Å². The fourth-order valence-corrected chi connectivity index (χ4v) is 3.88. The summed E-state index contributed by atoms with van der Waals surface area (Å²) in [5.41, 5.74) is 0.930. The maximum Gasteiger partial charge on any atom is 0.194 e. The van der Waals surface area contributed by atoms with Gasteiger partial charge in [0.25, 0.3) is 0 Å². The lowest BCUT2D eigenvalue weighted by atomic mass is 10.1. The minimum absolute atomic E-state index is 0. The molecule has 0 saturated carbocycles. The van der Waals surface area contributed by atoms with Crippen LogP contribution in [0.5, 0.6) is 5.75 Å². The fourth-order valence-electron chi connectivity index (χ4n) is 3.88. The van der Waals surface area contributed by atoms with Crippen LogP contribution in [-0.2, 0) is 0 Å². The van der Waals surface area contributed by atoms with Gasteiger partial charge in [0.15, 0.2) is 5.96 Å². The number of halogens is 1. The van der Waals surface area contributed by atoms with E-state index in [1.54, 1.807) is 6.07 Å². The van der Waals surface area contributed by atoms with E-state index in [9.17, 15) is 5.11 Å². The number of para-hydroxylation sites is 2. The first-order valence-corrected chi connectivity index (χ1v) is 9.99. The Kier molecular flexibility index (Phi) is 8.95. The fraction of sp³-hybridized carbons (Fsp3) is 0.650. The van der Waals surface area contributed by atoms with Gasteiger partial charge in [-0.2, -0.15) is 0 Å². The number of benzene rings is 1. The van der Waals surface area contributed by atoms with E-state index in [1.807, 2.05) is 18.2 Å². The number of hydrogen-bond donors (Lipinski definition) is 2. The highest BCUT2D eigenvalue weighted by Gasteiger charge is 2.23. The molecule has 0 spiro atoms. The molecule has 1 unspecified atom stereocenters. The molecule has 2 saturated heterocycles. The van der Waals surface area contributed by atoms with Crippen LogP contribution in [0.2, 0.25) is 0 Å². The first-order valence-electron chi connectivity index (χ1n) is 9.99. The van der Waals surface area contributed by atoms with Crippen molar-refractivity contribution in [1.82, 2.24) is 15.1 Å². The molecule has 0 aromatic heterocycles. The quantitative estimate of drug-likeness (QED) is 0.380. The van der Waals surface area contributed by atoms with Crippen LogP contribution in [0.25, 0.3) is 0 Å². The number of rotatable bonds is 5. The first kappa shape index (κ1) is 22.1. The van der Waals surface area contributed by atoms with E-state index in [2.05, 4.69) is 33.9 Å². The zero-order valence-corrected chi connectivity index (χ0v) is 18.9. The average Bonchev–Trinajstić information content (AvgIpc) is 3.14. The topological polar surface area (TPSA) is 54.3 Å². The summed E-state index contributed by atoms with van der Waals surface area (Å²) < 4.78 is 0. The Morgan fingerprint density at radius 3 is 2.52 bits per heavy atom. The Hall–Kier alpha value is -1.22. The molecule has 2 heterocycles. The van der Waals surface area contributed by atoms with Gasteiger partial charge in [0.2, 0.25) is 0 Å². The summed E-state index contributed by atoms with van der Waals surface area (Å²) in [5, 5.41) is 13.5. The molecule has 0 aliphatic carbocycles. The number of phenolic OH excluding ortho intramolecular Hbond substituents is 1. The molecule has 152 valence electrons. The Labute approximate surface area is 180 Å². The third-order valence-electron chi connectivity index (χ3n) is 5.45. The van der Waals surface area contributed by atoms with Crippen molar-refractivity contribution in [2.75, 3.05) is 63.8 Å². The van der Waals surface area contributed by atoms with Gasteiger partial charge < -0.3 is 25.1 Å². The Bertz CT molecular complexity index is 604. The van der Waals surface area contributed by atoms with E-state index in [-0.39, 0.29) is 24.0 Å². The van der Waals surface area contributed by atoms with Crippen LogP contribution >= 0.6 is 24.0 Å². The second-order valence-corrected chi connectivity index (χ2v) is 7.21. The SMILES string of the molecule is CCNC(=NCC1CCN(CC)C1)N1CCN(c2ccccc2O)CC1.I. The third kappa shape index (κ3) is 5.88. The average molecular weight is 487 g/mol. The molecule has 6 nitrogen and oxygen atoms in total. The number of piperazine rings is 1. The Balaban J connectivity index is 0.00000261. The molecule has 0 amide bonds. The van der Waals surface area contributed by atoms with Crippen LogP contribution in [0.15, 0.2) is 29.3 Å². The normalized spacial score (nSPS) is 21.3. The number of phenols is 1. The Morgan fingerprint density at radius 2 is 1.89 bits per heavy atom.